The van der Waals surface area contributed by atoms with Crippen molar-refractivity contribution in [2.75, 3.05) is 0 Å². The summed E-state index contributed by atoms with van der Waals surface area (Å²) < 4.78 is -1.40. The van der Waals surface area contributed by atoms with Gasteiger partial charge in [0, 0.05) is 11.0 Å². The van der Waals surface area contributed by atoms with Gasteiger partial charge in [-0.2, -0.15) is 0 Å². The molecule has 0 bridgehead atoms. The predicted octanol–water partition coefficient (Wildman–Crippen LogP) is 4.33. The normalized spacial score (nSPS) is 21.6. The fourth-order valence-corrected chi connectivity index (χ4v) is 3.12. The highest BCUT2D eigenvalue weighted by molar-refractivity contribution is 6.68. The maximum atomic E-state index is 6.23. The number of hydrogen-bond donors (Lipinski definition) is 0. The van der Waals surface area contributed by atoms with Gasteiger partial charge < -0.3 is 0 Å². The lowest BCUT2D eigenvalue weighted by molar-refractivity contribution is 0.482. The van der Waals surface area contributed by atoms with E-state index in [2.05, 4.69) is 15.0 Å². The van der Waals surface area contributed by atoms with Crippen LogP contribution >= 0.6 is 34.8 Å². The molecule has 0 saturated carbocycles. The van der Waals surface area contributed by atoms with Crippen molar-refractivity contribution < 1.29 is 0 Å². The molecule has 21 heavy (non-hydrogen) atoms. The van der Waals surface area contributed by atoms with Crippen molar-refractivity contribution in [2.45, 2.75) is 22.6 Å². The molecule has 1 unspecified atom stereocenters. The summed E-state index contributed by atoms with van der Waals surface area (Å²) in [6, 6.07) is 7.89. The van der Waals surface area contributed by atoms with Crippen molar-refractivity contribution in [3.05, 3.63) is 59.9 Å². The molecule has 0 aliphatic heterocycles. The molecule has 6 heteroatoms. The molecular weight excluding hydrogens is 329 g/mol. The van der Waals surface area contributed by atoms with Crippen LogP contribution in [0, 0.1) is 0 Å². The van der Waals surface area contributed by atoms with E-state index in [4.69, 9.17) is 34.8 Å². The molecule has 3 rings (SSSR count). The minimum absolute atomic E-state index is 0.592. The Labute approximate surface area is 138 Å². The quantitative estimate of drug-likeness (QED) is 0.725. The number of alkyl halides is 3. The Kier molecular flexibility index (Phi) is 3.68. The first kappa shape index (κ1) is 14.8. The fraction of sp³-hybridized carbons (Fsp3) is 0.267. The second-order valence-corrected chi connectivity index (χ2v) is 7.44. The van der Waals surface area contributed by atoms with Crippen LogP contribution in [-0.2, 0) is 5.41 Å². The van der Waals surface area contributed by atoms with Crippen molar-refractivity contribution in [1.82, 2.24) is 15.0 Å². The largest absolute Gasteiger partial charge is 0.225 e. The highest BCUT2D eigenvalue weighted by Crippen LogP contribution is 2.53. The van der Waals surface area contributed by atoms with Gasteiger partial charge in [-0.25, -0.2) is 15.0 Å². The number of hydrogen-bond acceptors (Lipinski definition) is 3. The molecule has 0 amide bonds. The maximum absolute atomic E-state index is 6.23. The van der Waals surface area contributed by atoms with Gasteiger partial charge in [0.2, 0.25) is 0 Å². The van der Waals surface area contributed by atoms with E-state index in [-0.39, 0.29) is 0 Å². The molecule has 1 atom stereocenters. The lowest BCUT2D eigenvalue weighted by Gasteiger charge is -2.40. The highest BCUT2D eigenvalue weighted by Gasteiger charge is 2.48. The van der Waals surface area contributed by atoms with Gasteiger partial charge in [0.05, 0.1) is 0 Å². The van der Waals surface area contributed by atoms with Gasteiger partial charge >= 0.3 is 0 Å². The Morgan fingerprint density at radius 3 is 2.43 bits per heavy atom. The summed E-state index contributed by atoms with van der Waals surface area (Å²) in [5.74, 6) is 0.629. The first-order valence-electron chi connectivity index (χ1n) is 6.42. The number of rotatable bonds is 1. The SMILES string of the molecule is CC1(C(Cl)(Cl)Cl)CC=C(c2ncncn2)c2ccccc21. The summed E-state index contributed by atoms with van der Waals surface area (Å²) in [4.78, 5) is 12.3. The summed E-state index contributed by atoms with van der Waals surface area (Å²) >= 11 is 18.7. The fourth-order valence-electron chi connectivity index (χ4n) is 2.58. The molecule has 0 fully saturated rings. The maximum Gasteiger partial charge on any atom is 0.200 e. The van der Waals surface area contributed by atoms with Crippen LogP contribution in [0.1, 0.15) is 30.3 Å². The van der Waals surface area contributed by atoms with E-state index >= 15 is 0 Å². The predicted molar refractivity (Wildman–Crippen MR) is 85.6 cm³/mol. The van der Waals surface area contributed by atoms with Gasteiger partial charge in [-0.1, -0.05) is 72.1 Å². The van der Waals surface area contributed by atoms with E-state index in [0.717, 1.165) is 16.7 Å². The van der Waals surface area contributed by atoms with Crippen molar-refractivity contribution >= 4 is 40.4 Å². The summed E-state index contributed by atoms with van der Waals surface area (Å²) in [7, 11) is 0. The zero-order valence-electron chi connectivity index (χ0n) is 11.2. The summed E-state index contributed by atoms with van der Waals surface area (Å²) in [5, 5.41) is 0. The van der Waals surface area contributed by atoms with Crippen LogP contribution in [0.4, 0.5) is 0 Å². The lowest BCUT2D eigenvalue weighted by atomic mass is 9.72. The highest BCUT2D eigenvalue weighted by atomic mass is 35.6. The van der Waals surface area contributed by atoms with E-state index < -0.39 is 9.21 Å². The van der Waals surface area contributed by atoms with Gasteiger partial charge in [-0.05, 0) is 17.5 Å². The van der Waals surface area contributed by atoms with Crippen LogP contribution in [0.25, 0.3) is 5.57 Å². The molecule has 0 radical (unpaired) electrons. The number of halogens is 3. The molecule has 1 aromatic heterocycles. The standard InChI is InChI=1S/C15H12Cl3N3/c1-14(15(16,17)18)7-6-11(13-20-8-19-9-21-13)10-4-2-3-5-12(10)14/h2-6,8-9H,7H2,1H3. The van der Waals surface area contributed by atoms with Crippen LogP contribution in [0.2, 0.25) is 0 Å². The molecular formula is C15H12Cl3N3. The zero-order chi connectivity index (χ0) is 15.1. The molecule has 1 aromatic carbocycles. The average Bonchev–Trinajstić information content (AvgIpc) is 2.48. The molecule has 0 spiro atoms. The zero-order valence-corrected chi connectivity index (χ0v) is 13.5. The van der Waals surface area contributed by atoms with Gasteiger partial charge in [-0.15, -0.1) is 0 Å². The third kappa shape index (κ3) is 2.44. The van der Waals surface area contributed by atoms with E-state index in [1.807, 2.05) is 37.3 Å². The van der Waals surface area contributed by atoms with Gasteiger partial charge in [0.1, 0.15) is 12.7 Å². The third-order valence-electron chi connectivity index (χ3n) is 3.89. The molecule has 108 valence electrons. The molecule has 3 nitrogen and oxygen atoms in total. The van der Waals surface area contributed by atoms with Crippen LogP contribution in [0.15, 0.2) is 43.0 Å². The van der Waals surface area contributed by atoms with Crippen molar-refractivity contribution in [2.24, 2.45) is 0 Å². The molecule has 0 N–H and O–H groups in total. The Hall–Kier alpha value is -1.16. The van der Waals surface area contributed by atoms with E-state index in [1.54, 1.807) is 0 Å². The minimum Gasteiger partial charge on any atom is -0.225 e. The molecule has 2 aromatic rings. The number of fused-ring (bicyclic) bond motifs is 1. The molecule has 1 heterocycles. The monoisotopic (exact) mass is 339 g/mol. The first-order valence-corrected chi connectivity index (χ1v) is 7.56. The molecule has 1 aliphatic carbocycles. The summed E-state index contributed by atoms with van der Waals surface area (Å²) in [5.41, 5.74) is 2.33. The van der Waals surface area contributed by atoms with E-state index in [1.165, 1.54) is 12.7 Å². The Morgan fingerprint density at radius 1 is 1.10 bits per heavy atom. The number of nitrogens with zero attached hydrogens (tertiary/aromatic N) is 3. The second kappa shape index (κ2) is 5.24. The Morgan fingerprint density at radius 2 is 1.76 bits per heavy atom. The van der Waals surface area contributed by atoms with Gasteiger partial charge in [0.15, 0.2) is 9.62 Å². The van der Waals surface area contributed by atoms with Gasteiger partial charge in [-0.3, -0.25) is 0 Å². The van der Waals surface area contributed by atoms with Crippen LogP contribution in [-0.4, -0.2) is 18.7 Å². The summed E-state index contributed by atoms with van der Waals surface area (Å²) in [6.45, 7) is 1.96. The number of benzene rings is 1. The average molecular weight is 341 g/mol. The molecule has 1 aliphatic rings. The molecule has 0 saturated heterocycles. The van der Waals surface area contributed by atoms with E-state index in [0.29, 0.717) is 12.2 Å². The smallest absolute Gasteiger partial charge is 0.200 e. The van der Waals surface area contributed by atoms with Crippen molar-refractivity contribution in [3.8, 4) is 0 Å². The minimum atomic E-state index is -1.40. The number of aromatic nitrogens is 3. The van der Waals surface area contributed by atoms with Crippen LogP contribution in [0.3, 0.4) is 0 Å². The van der Waals surface area contributed by atoms with Crippen LogP contribution in [0.5, 0.6) is 0 Å². The van der Waals surface area contributed by atoms with Crippen molar-refractivity contribution in [1.29, 1.82) is 0 Å². The Bertz CT molecular complexity index is 695. The Balaban J connectivity index is 2.19. The summed E-state index contributed by atoms with van der Waals surface area (Å²) in [6.07, 6.45) is 5.59. The van der Waals surface area contributed by atoms with Crippen LogP contribution < -0.4 is 0 Å². The number of allylic oxidation sites excluding steroid dienone is 1. The van der Waals surface area contributed by atoms with Gasteiger partial charge in [0.25, 0.3) is 0 Å². The second-order valence-electron chi connectivity index (χ2n) is 5.16. The third-order valence-corrected chi connectivity index (χ3v) is 5.14. The first-order chi connectivity index (χ1) is 9.93. The van der Waals surface area contributed by atoms with E-state index in [9.17, 15) is 0 Å². The lowest BCUT2D eigenvalue weighted by Crippen LogP contribution is -2.39. The van der Waals surface area contributed by atoms with Crippen molar-refractivity contribution in [3.63, 3.8) is 0 Å². The topological polar surface area (TPSA) is 38.7 Å².